The SMILES string of the molecule is COc1cc(OCCN(C)CC(=O)OC(C)(C)C)c(C(=O)c2ccccc2)cc1Br. The Hall–Kier alpha value is -2.38. The highest BCUT2D eigenvalue weighted by Crippen LogP contribution is 2.34. The van der Waals surface area contributed by atoms with Gasteiger partial charge in [0.1, 0.15) is 23.7 Å². The number of hydrogen-bond acceptors (Lipinski definition) is 6. The van der Waals surface area contributed by atoms with Crippen LogP contribution < -0.4 is 9.47 Å². The maximum absolute atomic E-state index is 13.0. The summed E-state index contributed by atoms with van der Waals surface area (Å²) in [5.41, 5.74) is 0.486. The van der Waals surface area contributed by atoms with E-state index in [1.807, 2.05) is 50.9 Å². The third-order valence-corrected chi connectivity index (χ3v) is 4.70. The van der Waals surface area contributed by atoms with Gasteiger partial charge in [-0.1, -0.05) is 30.3 Å². The summed E-state index contributed by atoms with van der Waals surface area (Å²) in [7, 11) is 3.36. The van der Waals surface area contributed by atoms with Crippen LogP contribution in [0.5, 0.6) is 11.5 Å². The molecule has 2 rings (SSSR count). The summed E-state index contributed by atoms with van der Waals surface area (Å²) >= 11 is 3.43. The summed E-state index contributed by atoms with van der Waals surface area (Å²) in [5.74, 6) is 0.553. The molecule has 2 aromatic carbocycles. The van der Waals surface area contributed by atoms with Gasteiger partial charge in [0.2, 0.25) is 0 Å². The molecule has 0 spiro atoms. The van der Waals surface area contributed by atoms with Gasteiger partial charge in [-0.25, -0.2) is 0 Å². The van der Waals surface area contributed by atoms with Gasteiger partial charge in [0, 0.05) is 18.2 Å². The number of benzene rings is 2. The van der Waals surface area contributed by atoms with Crippen molar-refractivity contribution in [1.29, 1.82) is 0 Å². The van der Waals surface area contributed by atoms with Gasteiger partial charge in [0.15, 0.2) is 5.78 Å². The van der Waals surface area contributed by atoms with E-state index in [-0.39, 0.29) is 18.3 Å². The summed E-state index contributed by atoms with van der Waals surface area (Å²) in [4.78, 5) is 26.7. The fraction of sp³-hybridized carbons (Fsp3) is 0.391. The molecule has 7 heteroatoms. The maximum Gasteiger partial charge on any atom is 0.320 e. The minimum atomic E-state index is -0.519. The molecule has 6 nitrogen and oxygen atoms in total. The quantitative estimate of drug-likeness (QED) is 0.395. The molecule has 162 valence electrons. The Morgan fingerprint density at radius 3 is 2.33 bits per heavy atom. The number of rotatable bonds is 9. The van der Waals surface area contributed by atoms with E-state index in [0.717, 1.165) is 0 Å². The minimum Gasteiger partial charge on any atom is -0.495 e. The first-order valence-electron chi connectivity index (χ1n) is 9.61. The van der Waals surface area contributed by atoms with E-state index in [9.17, 15) is 9.59 Å². The molecule has 0 unspecified atom stereocenters. The number of halogens is 1. The van der Waals surface area contributed by atoms with Crippen molar-refractivity contribution in [2.24, 2.45) is 0 Å². The lowest BCUT2D eigenvalue weighted by Gasteiger charge is -2.22. The predicted octanol–water partition coefficient (Wildman–Crippen LogP) is 4.34. The topological polar surface area (TPSA) is 65.1 Å². The minimum absolute atomic E-state index is 0.143. The summed E-state index contributed by atoms with van der Waals surface area (Å²) in [5, 5.41) is 0. The lowest BCUT2D eigenvalue weighted by Crippen LogP contribution is -2.34. The van der Waals surface area contributed by atoms with Crippen molar-refractivity contribution in [3.05, 3.63) is 58.1 Å². The van der Waals surface area contributed by atoms with Crippen molar-refractivity contribution in [3.63, 3.8) is 0 Å². The number of ether oxygens (including phenoxy) is 3. The van der Waals surface area contributed by atoms with Gasteiger partial charge in [-0.2, -0.15) is 0 Å². The highest BCUT2D eigenvalue weighted by molar-refractivity contribution is 9.10. The molecule has 0 fully saturated rings. The molecular formula is C23H28BrNO5. The van der Waals surface area contributed by atoms with Crippen molar-refractivity contribution in [3.8, 4) is 11.5 Å². The highest BCUT2D eigenvalue weighted by atomic mass is 79.9. The molecule has 0 saturated carbocycles. The number of nitrogens with zero attached hydrogens (tertiary/aromatic N) is 1. The Morgan fingerprint density at radius 1 is 1.07 bits per heavy atom. The van der Waals surface area contributed by atoms with E-state index < -0.39 is 5.60 Å². The van der Waals surface area contributed by atoms with Gasteiger partial charge < -0.3 is 14.2 Å². The van der Waals surface area contributed by atoms with Crippen LogP contribution in [0, 0.1) is 0 Å². The zero-order chi connectivity index (χ0) is 22.3. The summed E-state index contributed by atoms with van der Waals surface area (Å²) in [6.45, 7) is 6.43. The first-order valence-corrected chi connectivity index (χ1v) is 10.4. The Bertz CT molecular complexity index is 877. The summed E-state index contributed by atoms with van der Waals surface area (Å²) in [6, 6.07) is 12.4. The Kier molecular flexibility index (Phi) is 8.43. The number of esters is 1. The van der Waals surface area contributed by atoms with Crippen LogP contribution in [0.25, 0.3) is 0 Å². The second-order valence-corrected chi connectivity index (χ2v) is 8.71. The number of carbonyl (C=O) groups excluding carboxylic acids is 2. The molecule has 0 amide bonds. The first kappa shape index (κ1) is 23.9. The van der Waals surface area contributed by atoms with E-state index in [4.69, 9.17) is 14.2 Å². The van der Waals surface area contributed by atoms with E-state index in [0.29, 0.717) is 40.3 Å². The van der Waals surface area contributed by atoms with Gasteiger partial charge in [-0.05, 0) is 49.8 Å². The van der Waals surface area contributed by atoms with Crippen molar-refractivity contribution in [1.82, 2.24) is 4.90 Å². The van der Waals surface area contributed by atoms with Crippen LogP contribution in [0.2, 0.25) is 0 Å². The normalized spacial score (nSPS) is 11.3. The summed E-state index contributed by atoms with van der Waals surface area (Å²) < 4.78 is 17.3. The van der Waals surface area contributed by atoms with Gasteiger partial charge in [-0.15, -0.1) is 0 Å². The fourth-order valence-electron chi connectivity index (χ4n) is 2.72. The molecule has 2 aromatic rings. The molecule has 0 N–H and O–H groups in total. The number of methoxy groups -OCH3 is 1. The third kappa shape index (κ3) is 7.15. The van der Waals surface area contributed by atoms with Crippen LogP contribution in [-0.2, 0) is 9.53 Å². The van der Waals surface area contributed by atoms with E-state index in [2.05, 4.69) is 15.9 Å². The van der Waals surface area contributed by atoms with Crippen LogP contribution in [0.1, 0.15) is 36.7 Å². The van der Waals surface area contributed by atoms with Gasteiger partial charge >= 0.3 is 5.97 Å². The third-order valence-electron chi connectivity index (χ3n) is 4.08. The molecule has 0 bridgehead atoms. The first-order chi connectivity index (χ1) is 14.1. The van der Waals surface area contributed by atoms with Gasteiger partial charge in [-0.3, -0.25) is 14.5 Å². The Labute approximate surface area is 186 Å². The van der Waals surface area contributed by atoms with Crippen LogP contribution in [0.15, 0.2) is 46.9 Å². The number of likely N-dealkylation sites (N-methyl/N-ethyl adjacent to an activating group) is 1. The second kappa shape index (κ2) is 10.6. The zero-order valence-corrected chi connectivity index (χ0v) is 19.6. The van der Waals surface area contributed by atoms with Crippen LogP contribution in [-0.4, -0.2) is 56.1 Å². The van der Waals surface area contributed by atoms with E-state index >= 15 is 0 Å². The van der Waals surface area contributed by atoms with Crippen LogP contribution in [0.4, 0.5) is 0 Å². The molecular weight excluding hydrogens is 450 g/mol. The molecule has 0 aromatic heterocycles. The maximum atomic E-state index is 13.0. The molecule has 0 atom stereocenters. The molecule has 0 radical (unpaired) electrons. The smallest absolute Gasteiger partial charge is 0.320 e. The molecule has 0 saturated heterocycles. The molecule has 0 aliphatic rings. The van der Waals surface area contributed by atoms with Crippen molar-refractivity contribution < 1.29 is 23.8 Å². The van der Waals surface area contributed by atoms with E-state index in [1.165, 1.54) is 0 Å². The van der Waals surface area contributed by atoms with Crippen molar-refractivity contribution >= 4 is 27.7 Å². The number of carbonyl (C=O) groups is 2. The van der Waals surface area contributed by atoms with Crippen LogP contribution in [0.3, 0.4) is 0 Å². The molecule has 30 heavy (non-hydrogen) atoms. The lowest BCUT2D eigenvalue weighted by molar-refractivity contribution is -0.155. The molecule has 0 heterocycles. The van der Waals surface area contributed by atoms with Crippen molar-refractivity contribution in [2.45, 2.75) is 26.4 Å². The van der Waals surface area contributed by atoms with Gasteiger partial charge in [0.25, 0.3) is 0 Å². The lowest BCUT2D eigenvalue weighted by atomic mass is 10.0. The van der Waals surface area contributed by atoms with E-state index in [1.54, 1.807) is 31.4 Å². The Balaban J connectivity index is 2.09. The highest BCUT2D eigenvalue weighted by Gasteiger charge is 2.20. The number of hydrogen-bond donors (Lipinski definition) is 0. The predicted molar refractivity (Wildman–Crippen MR) is 119 cm³/mol. The van der Waals surface area contributed by atoms with Crippen molar-refractivity contribution in [2.75, 3.05) is 33.9 Å². The summed E-state index contributed by atoms with van der Waals surface area (Å²) in [6.07, 6.45) is 0. The van der Waals surface area contributed by atoms with Crippen LogP contribution >= 0.6 is 15.9 Å². The van der Waals surface area contributed by atoms with Gasteiger partial charge in [0.05, 0.1) is 23.7 Å². The number of ketones is 1. The Morgan fingerprint density at radius 2 is 1.73 bits per heavy atom. The standard InChI is InChI=1S/C23H28BrNO5/c1-23(2,3)30-21(26)15-25(4)11-12-29-19-14-20(28-5)18(24)13-17(19)22(27)16-9-7-6-8-10-16/h6-10,13-14H,11-12,15H2,1-5H3. The average Bonchev–Trinajstić information content (AvgIpc) is 2.67. The molecule has 0 aliphatic carbocycles. The fourth-order valence-corrected chi connectivity index (χ4v) is 3.22. The second-order valence-electron chi connectivity index (χ2n) is 7.85. The molecule has 0 aliphatic heterocycles. The average molecular weight is 478 g/mol. The largest absolute Gasteiger partial charge is 0.495 e. The zero-order valence-electron chi connectivity index (χ0n) is 18.0. The monoisotopic (exact) mass is 477 g/mol.